The van der Waals surface area contributed by atoms with E-state index in [0.29, 0.717) is 24.8 Å². The summed E-state index contributed by atoms with van der Waals surface area (Å²) >= 11 is 0. The Morgan fingerprint density at radius 2 is 2.20 bits per heavy atom. The van der Waals surface area contributed by atoms with E-state index in [2.05, 4.69) is 17.3 Å². The fraction of sp³-hybridized carbons (Fsp3) is 0.533. The fourth-order valence-electron chi connectivity index (χ4n) is 2.38. The van der Waals surface area contributed by atoms with Crippen LogP contribution in [0.3, 0.4) is 0 Å². The minimum Gasteiger partial charge on any atom is -0.493 e. The summed E-state index contributed by atoms with van der Waals surface area (Å²) in [7, 11) is 2.11. The number of likely N-dealkylation sites (tertiary alicyclic amines) is 1. The molecule has 1 aromatic rings. The molecule has 1 saturated heterocycles. The fourth-order valence-corrected chi connectivity index (χ4v) is 2.38. The number of amides is 1. The summed E-state index contributed by atoms with van der Waals surface area (Å²) in [5.41, 5.74) is 6.29. The van der Waals surface area contributed by atoms with Gasteiger partial charge in [0.15, 0.2) is 0 Å². The van der Waals surface area contributed by atoms with Crippen molar-refractivity contribution in [2.75, 3.05) is 32.5 Å². The molecule has 20 heavy (non-hydrogen) atoms. The van der Waals surface area contributed by atoms with Gasteiger partial charge < -0.3 is 20.7 Å². The molecular weight excluding hydrogens is 254 g/mol. The van der Waals surface area contributed by atoms with Gasteiger partial charge in [-0.05, 0) is 50.7 Å². The molecule has 5 nitrogen and oxygen atoms in total. The molecule has 1 aliphatic rings. The predicted molar refractivity (Wildman–Crippen MR) is 79.6 cm³/mol. The highest BCUT2D eigenvalue weighted by molar-refractivity contribution is 5.76. The Balaban J connectivity index is 1.61. The Bertz CT molecular complexity index is 433. The van der Waals surface area contributed by atoms with E-state index in [4.69, 9.17) is 10.5 Å². The third-order valence-corrected chi connectivity index (χ3v) is 3.68. The second-order valence-corrected chi connectivity index (χ2v) is 5.25. The number of ether oxygens (including phenoxy) is 1. The molecule has 0 aliphatic carbocycles. The molecule has 2 rings (SSSR count). The number of nitrogen functional groups attached to an aromatic ring is 1. The Kier molecular flexibility index (Phi) is 5.24. The topological polar surface area (TPSA) is 67.6 Å². The van der Waals surface area contributed by atoms with Crippen molar-refractivity contribution in [1.82, 2.24) is 10.2 Å². The first-order valence-corrected chi connectivity index (χ1v) is 7.10. The van der Waals surface area contributed by atoms with Crippen molar-refractivity contribution < 1.29 is 9.53 Å². The standard InChI is InChI=1S/C15H23N3O2/c1-18-9-2-3-13(18)11-17-15(19)8-10-20-14-6-4-12(16)5-7-14/h4-7,13H,2-3,8-11,16H2,1H3,(H,17,19). The molecule has 0 saturated carbocycles. The maximum atomic E-state index is 11.7. The largest absolute Gasteiger partial charge is 0.493 e. The van der Waals surface area contributed by atoms with E-state index in [0.717, 1.165) is 18.8 Å². The molecule has 3 N–H and O–H groups in total. The zero-order valence-electron chi connectivity index (χ0n) is 12.0. The number of carbonyl (C=O) groups is 1. The lowest BCUT2D eigenvalue weighted by Gasteiger charge is -2.19. The van der Waals surface area contributed by atoms with Crippen molar-refractivity contribution in [3.8, 4) is 5.75 Å². The molecule has 1 heterocycles. The molecule has 5 heteroatoms. The van der Waals surface area contributed by atoms with Crippen molar-refractivity contribution in [1.29, 1.82) is 0 Å². The van der Waals surface area contributed by atoms with Crippen LogP contribution in [0.4, 0.5) is 5.69 Å². The summed E-state index contributed by atoms with van der Waals surface area (Å²) in [6, 6.07) is 7.66. The lowest BCUT2D eigenvalue weighted by Crippen LogP contribution is -2.38. The molecule has 0 radical (unpaired) electrons. The molecule has 1 atom stereocenters. The third-order valence-electron chi connectivity index (χ3n) is 3.68. The van der Waals surface area contributed by atoms with Gasteiger partial charge in [-0.3, -0.25) is 4.79 Å². The van der Waals surface area contributed by atoms with Crippen LogP contribution in [0, 0.1) is 0 Å². The summed E-state index contributed by atoms with van der Waals surface area (Å²) in [5.74, 6) is 0.781. The van der Waals surface area contributed by atoms with Crippen LogP contribution >= 0.6 is 0 Å². The Morgan fingerprint density at radius 3 is 2.85 bits per heavy atom. The highest BCUT2D eigenvalue weighted by Gasteiger charge is 2.20. The van der Waals surface area contributed by atoms with Gasteiger partial charge >= 0.3 is 0 Å². The molecule has 1 amide bonds. The van der Waals surface area contributed by atoms with E-state index in [1.54, 1.807) is 24.3 Å². The number of nitrogens with one attached hydrogen (secondary N) is 1. The summed E-state index contributed by atoms with van der Waals surface area (Å²) in [4.78, 5) is 14.0. The highest BCUT2D eigenvalue weighted by atomic mass is 16.5. The molecule has 1 unspecified atom stereocenters. The second kappa shape index (κ2) is 7.14. The number of nitrogens with zero attached hydrogens (tertiary/aromatic N) is 1. The maximum Gasteiger partial charge on any atom is 0.223 e. The molecule has 1 fully saturated rings. The van der Waals surface area contributed by atoms with E-state index in [-0.39, 0.29) is 5.91 Å². The van der Waals surface area contributed by atoms with Crippen LogP contribution in [0.1, 0.15) is 19.3 Å². The Labute approximate surface area is 120 Å². The third kappa shape index (κ3) is 4.42. The first kappa shape index (κ1) is 14.7. The first-order valence-electron chi connectivity index (χ1n) is 7.10. The minimum absolute atomic E-state index is 0.0424. The number of benzene rings is 1. The SMILES string of the molecule is CN1CCCC1CNC(=O)CCOc1ccc(N)cc1. The Morgan fingerprint density at radius 1 is 1.45 bits per heavy atom. The number of hydrogen-bond donors (Lipinski definition) is 2. The Hall–Kier alpha value is -1.75. The smallest absolute Gasteiger partial charge is 0.223 e. The highest BCUT2D eigenvalue weighted by Crippen LogP contribution is 2.14. The van der Waals surface area contributed by atoms with Gasteiger partial charge in [0, 0.05) is 18.3 Å². The predicted octanol–water partition coefficient (Wildman–Crippen LogP) is 1.25. The van der Waals surface area contributed by atoms with Gasteiger partial charge in [0.2, 0.25) is 5.91 Å². The molecule has 1 aliphatic heterocycles. The van der Waals surface area contributed by atoms with Gasteiger partial charge in [0.05, 0.1) is 13.0 Å². The van der Waals surface area contributed by atoms with Gasteiger partial charge in [-0.2, -0.15) is 0 Å². The van der Waals surface area contributed by atoms with E-state index < -0.39 is 0 Å². The van der Waals surface area contributed by atoms with E-state index in [1.807, 2.05) is 0 Å². The average molecular weight is 277 g/mol. The normalized spacial score (nSPS) is 18.9. The summed E-state index contributed by atoms with van der Waals surface area (Å²) in [6.45, 7) is 2.24. The summed E-state index contributed by atoms with van der Waals surface area (Å²) in [6.07, 6.45) is 2.76. The van der Waals surface area contributed by atoms with Crippen molar-refractivity contribution in [3.05, 3.63) is 24.3 Å². The van der Waals surface area contributed by atoms with Crippen LogP contribution < -0.4 is 15.8 Å². The first-order chi connectivity index (χ1) is 9.65. The molecule has 0 bridgehead atoms. The van der Waals surface area contributed by atoms with Crippen LogP contribution in [-0.4, -0.2) is 43.6 Å². The van der Waals surface area contributed by atoms with Crippen LogP contribution in [0.5, 0.6) is 5.75 Å². The molecule has 110 valence electrons. The number of likely N-dealkylation sites (N-methyl/N-ethyl adjacent to an activating group) is 1. The van der Waals surface area contributed by atoms with E-state index >= 15 is 0 Å². The number of hydrogen-bond acceptors (Lipinski definition) is 4. The second-order valence-electron chi connectivity index (χ2n) is 5.25. The van der Waals surface area contributed by atoms with Crippen molar-refractivity contribution in [2.45, 2.75) is 25.3 Å². The van der Waals surface area contributed by atoms with Gasteiger partial charge in [0.1, 0.15) is 5.75 Å². The number of nitrogens with two attached hydrogens (primary N) is 1. The maximum absolute atomic E-state index is 11.7. The zero-order chi connectivity index (χ0) is 14.4. The van der Waals surface area contributed by atoms with Gasteiger partial charge in [-0.15, -0.1) is 0 Å². The molecule has 0 aromatic heterocycles. The summed E-state index contributed by atoms with van der Waals surface area (Å²) in [5, 5.41) is 2.97. The lowest BCUT2D eigenvalue weighted by molar-refractivity contribution is -0.121. The van der Waals surface area contributed by atoms with Crippen LogP contribution in [0.2, 0.25) is 0 Å². The van der Waals surface area contributed by atoms with Crippen molar-refractivity contribution >= 4 is 11.6 Å². The quantitative estimate of drug-likeness (QED) is 0.768. The molecule has 1 aromatic carbocycles. The van der Waals surface area contributed by atoms with Crippen LogP contribution in [0.25, 0.3) is 0 Å². The van der Waals surface area contributed by atoms with Gasteiger partial charge in [-0.25, -0.2) is 0 Å². The minimum atomic E-state index is 0.0424. The summed E-state index contributed by atoms with van der Waals surface area (Å²) < 4.78 is 5.50. The van der Waals surface area contributed by atoms with Crippen LogP contribution in [-0.2, 0) is 4.79 Å². The van der Waals surface area contributed by atoms with Gasteiger partial charge in [-0.1, -0.05) is 0 Å². The number of carbonyl (C=O) groups excluding carboxylic acids is 1. The lowest BCUT2D eigenvalue weighted by atomic mass is 10.2. The average Bonchev–Trinajstić information content (AvgIpc) is 2.84. The number of anilines is 1. The monoisotopic (exact) mass is 277 g/mol. The van der Waals surface area contributed by atoms with Crippen molar-refractivity contribution in [2.24, 2.45) is 0 Å². The number of rotatable bonds is 6. The molecular formula is C15H23N3O2. The van der Waals surface area contributed by atoms with E-state index in [9.17, 15) is 4.79 Å². The zero-order valence-corrected chi connectivity index (χ0v) is 12.0. The van der Waals surface area contributed by atoms with Gasteiger partial charge in [0.25, 0.3) is 0 Å². The molecule has 0 spiro atoms. The van der Waals surface area contributed by atoms with Crippen LogP contribution in [0.15, 0.2) is 24.3 Å². The van der Waals surface area contributed by atoms with Crippen molar-refractivity contribution in [3.63, 3.8) is 0 Å². The van der Waals surface area contributed by atoms with E-state index in [1.165, 1.54) is 12.8 Å².